The van der Waals surface area contributed by atoms with Crippen molar-refractivity contribution in [2.75, 3.05) is 19.7 Å². The van der Waals surface area contributed by atoms with Crippen LogP contribution in [0.25, 0.3) is 0 Å². The Labute approximate surface area is 107 Å². The smallest absolute Gasteiger partial charge is 0.311 e. The molecule has 0 aromatic rings. The lowest BCUT2D eigenvalue weighted by molar-refractivity contribution is -0.152. The first kappa shape index (κ1) is 13.3. The first-order valence-corrected chi connectivity index (χ1v) is 6.61. The molecule has 2 aliphatic rings. The third kappa shape index (κ3) is 2.11. The largest absolute Gasteiger partial charge is 0.481 e. The van der Waals surface area contributed by atoms with E-state index in [1.807, 2.05) is 13.8 Å². The fraction of sp³-hybridized carbons (Fsp3) is 0.846. The van der Waals surface area contributed by atoms with Crippen LogP contribution in [0, 0.1) is 11.3 Å². The third-order valence-electron chi connectivity index (χ3n) is 4.35. The van der Waals surface area contributed by atoms with Gasteiger partial charge in [0.1, 0.15) is 6.10 Å². The van der Waals surface area contributed by atoms with Gasteiger partial charge in [0.2, 0.25) is 0 Å². The normalized spacial score (nSPS) is 32.2. The number of carboxylic acids is 1. The molecule has 2 aliphatic heterocycles. The first-order chi connectivity index (χ1) is 8.47. The van der Waals surface area contributed by atoms with E-state index in [-0.39, 0.29) is 17.9 Å². The second kappa shape index (κ2) is 4.88. The van der Waals surface area contributed by atoms with Gasteiger partial charge in [0.15, 0.2) is 0 Å². The molecule has 5 nitrogen and oxygen atoms in total. The molecule has 0 bridgehead atoms. The molecular formula is C13H21NO4. The molecule has 2 saturated heterocycles. The summed E-state index contributed by atoms with van der Waals surface area (Å²) < 4.78 is 5.38. The molecule has 1 N–H and O–H groups in total. The Kier molecular flexibility index (Phi) is 3.61. The fourth-order valence-electron chi connectivity index (χ4n) is 2.89. The van der Waals surface area contributed by atoms with Gasteiger partial charge in [-0.25, -0.2) is 0 Å². The van der Waals surface area contributed by atoms with Gasteiger partial charge in [-0.2, -0.15) is 0 Å². The number of aliphatic carboxylic acids is 1. The predicted octanol–water partition coefficient (Wildman–Crippen LogP) is 1.12. The number of ether oxygens (including phenoxy) is 1. The Balaban J connectivity index is 2.06. The van der Waals surface area contributed by atoms with Crippen LogP contribution in [0.5, 0.6) is 0 Å². The van der Waals surface area contributed by atoms with Crippen LogP contribution in [-0.2, 0) is 14.3 Å². The molecule has 0 aliphatic carbocycles. The van der Waals surface area contributed by atoms with E-state index in [1.54, 1.807) is 4.90 Å². The average molecular weight is 255 g/mol. The van der Waals surface area contributed by atoms with Gasteiger partial charge in [-0.1, -0.05) is 13.8 Å². The van der Waals surface area contributed by atoms with Crippen LogP contribution in [0.15, 0.2) is 0 Å². The van der Waals surface area contributed by atoms with Crippen molar-refractivity contribution in [3.8, 4) is 0 Å². The van der Waals surface area contributed by atoms with Gasteiger partial charge in [0.25, 0.3) is 5.91 Å². The van der Waals surface area contributed by atoms with Crippen LogP contribution < -0.4 is 0 Å². The zero-order valence-electron chi connectivity index (χ0n) is 11.0. The van der Waals surface area contributed by atoms with Crippen LogP contribution in [0.4, 0.5) is 0 Å². The van der Waals surface area contributed by atoms with Crippen LogP contribution in [0.1, 0.15) is 33.1 Å². The number of amides is 1. The molecule has 102 valence electrons. The summed E-state index contributed by atoms with van der Waals surface area (Å²) in [4.78, 5) is 25.3. The fourth-order valence-corrected chi connectivity index (χ4v) is 2.89. The maximum atomic E-state index is 12.2. The van der Waals surface area contributed by atoms with Crippen molar-refractivity contribution in [1.29, 1.82) is 0 Å². The molecule has 2 heterocycles. The number of nitrogens with zero attached hydrogens (tertiary/aromatic N) is 1. The van der Waals surface area contributed by atoms with Gasteiger partial charge < -0.3 is 14.7 Å². The molecule has 0 radical (unpaired) electrons. The molecule has 0 saturated carbocycles. The maximum absolute atomic E-state index is 12.2. The zero-order valence-corrected chi connectivity index (χ0v) is 11.0. The van der Waals surface area contributed by atoms with Crippen molar-refractivity contribution in [3.63, 3.8) is 0 Å². The average Bonchev–Trinajstić information content (AvgIpc) is 2.98. The van der Waals surface area contributed by atoms with Gasteiger partial charge in [0, 0.05) is 19.7 Å². The van der Waals surface area contributed by atoms with Crippen LogP contribution >= 0.6 is 0 Å². The molecular weight excluding hydrogens is 234 g/mol. The third-order valence-corrected chi connectivity index (χ3v) is 4.35. The zero-order chi connectivity index (χ0) is 13.3. The highest BCUT2D eigenvalue weighted by Crippen LogP contribution is 2.38. The Morgan fingerprint density at radius 1 is 1.44 bits per heavy atom. The summed E-state index contributed by atoms with van der Waals surface area (Å²) >= 11 is 0. The Morgan fingerprint density at radius 3 is 2.61 bits per heavy atom. The molecule has 2 fully saturated rings. The van der Waals surface area contributed by atoms with Crippen molar-refractivity contribution in [3.05, 3.63) is 0 Å². The first-order valence-electron chi connectivity index (χ1n) is 6.61. The van der Waals surface area contributed by atoms with Gasteiger partial charge in [-0.05, 0) is 25.2 Å². The van der Waals surface area contributed by atoms with Gasteiger partial charge in [0.05, 0.1) is 5.41 Å². The highest BCUT2D eigenvalue weighted by atomic mass is 16.5. The number of carbonyl (C=O) groups is 2. The number of hydrogen-bond acceptors (Lipinski definition) is 3. The summed E-state index contributed by atoms with van der Waals surface area (Å²) in [5.74, 6) is -0.797. The second-order valence-corrected chi connectivity index (χ2v) is 5.63. The number of rotatable bonds is 3. The van der Waals surface area contributed by atoms with Crippen molar-refractivity contribution >= 4 is 11.9 Å². The van der Waals surface area contributed by atoms with Crippen molar-refractivity contribution in [2.45, 2.75) is 39.2 Å². The van der Waals surface area contributed by atoms with Crippen molar-refractivity contribution in [2.24, 2.45) is 11.3 Å². The van der Waals surface area contributed by atoms with E-state index in [0.717, 1.165) is 12.8 Å². The number of carboxylic acid groups (broad SMARTS) is 1. The lowest BCUT2D eigenvalue weighted by Gasteiger charge is -2.29. The minimum Gasteiger partial charge on any atom is -0.481 e. The van der Waals surface area contributed by atoms with E-state index in [4.69, 9.17) is 4.74 Å². The van der Waals surface area contributed by atoms with Crippen LogP contribution in [-0.4, -0.2) is 47.7 Å². The Hall–Kier alpha value is -1.10. The van der Waals surface area contributed by atoms with E-state index in [0.29, 0.717) is 26.1 Å². The van der Waals surface area contributed by atoms with Crippen LogP contribution in [0.2, 0.25) is 0 Å². The molecule has 2 atom stereocenters. The minimum atomic E-state index is -0.792. The van der Waals surface area contributed by atoms with E-state index >= 15 is 0 Å². The molecule has 1 unspecified atom stereocenters. The highest BCUT2D eigenvalue weighted by Gasteiger charge is 2.49. The maximum Gasteiger partial charge on any atom is 0.311 e. The monoisotopic (exact) mass is 255 g/mol. The molecule has 0 aromatic carbocycles. The van der Waals surface area contributed by atoms with E-state index in [2.05, 4.69) is 0 Å². The topological polar surface area (TPSA) is 66.8 Å². The summed E-state index contributed by atoms with van der Waals surface area (Å²) in [6.45, 7) is 5.31. The predicted molar refractivity (Wildman–Crippen MR) is 65.1 cm³/mol. The molecule has 18 heavy (non-hydrogen) atoms. The number of hydrogen-bond donors (Lipinski definition) is 1. The lowest BCUT2D eigenvalue weighted by Crippen LogP contribution is -2.43. The van der Waals surface area contributed by atoms with Gasteiger partial charge in [-0.15, -0.1) is 0 Å². The van der Waals surface area contributed by atoms with Crippen molar-refractivity contribution < 1.29 is 19.4 Å². The van der Waals surface area contributed by atoms with E-state index in [9.17, 15) is 14.7 Å². The Morgan fingerprint density at radius 2 is 2.17 bits per heavy atom. The molecule has 5 heteroatoms. The lowest BCUT2D eigenvalue weighted by atomic mass is 9.76. The quantitative estimate of drug-likeness (QED) is 0.820. The molecule has 2 rings (SSSR count). The standard InChI is InChI=1S/C13H21NO4/c1-9(2)13(12(16)17)5-6-14(8-13)11(15)10-4-3-7-18-10/h9-10H,3-8H2,1-2H3,(H,16,17)/t10-,13?/m0/s1. The summed E-state index contributed by atoms with van der Waals surface area (Å²) in [6, 6.07) is 0. The highest BCUT2D eigenvalue weighted by molar-refractivity contribution is 5.84. The van der Waals surface area contributed by atoms with Gasteiger partial charge in [-0.3, -0.25) is 9.59 Å². The summed E-state index contributed by atoms with van der Waals surface area (Å²) in [6.07, 6.45) is 1.87. The van der Waals surface area contributed by atoms with E-state index in [1.165, 1.54) is 0 Å². The SMILES string of the molecule is CC(C)C1(C(=O)O)CCN(C(=O)[C@@H]2CCCO2)C1. The minimum absolute atomic E-state index is 0.0253. The summed E-state index contributed by atoms with van der Waals surface area (Å²) in [5, 5.41) is 9.43. The molecule has 0 aromatic heterocycles. The second-order valence-electron chi connectivity index (χ2n) is 5.63. The van der Waals surface area contributed by atoms with E-state index < -0.39 is 11.4 Å². The van der Waals surface area contributed by atoms with Crippen LogP contribution in [0.3, 0.4) is 0 Å². The Bertz CT molecular complexity index is 349. The van der Waals surface area contributed by atoms with Crippen molar-refractivity contribution in [1.82, 2.24) is 4.90 Å². The van der Waals surface area contributed by atoms with Gasteiger partial charge >= 0.3 is 5.97 Å². The molecule has 0 spiro atoms. The summed E-state index contributed by atoms with van der Waals surface area (Å²) in [7, 11) is 0. The number of carbonyl (C=O) groups excluding carboxylic acids is 1. The number of likely N-dealkylation sites (tertiary alicyclic amines) is 1. The molecule has 1 amide bonds. The summed E-state index contributed by atoms with van der Waals surface area (Å²) in [5.41, 5.74) is -0.783.